The van der Waals surface area contributed by atoms with Gasteiger partial charge in [-0.25, -0.2) is 9.78 Å². The molecule has 0 bridgehead atoms. The first kappa shape index (κ1) is 15.5. The standard InChI is InChI=1S/C16H14N4O4/c1-9(15(21)22)18-16(23)19-11-2-3-13-12(8-11)20-14(24-13)10-4-6-17-7-5-10/h2-9H,1H3,(H,21,22)(H2,18,19,23). The van der Waals surface area contributed by atoms with Gasteiger partial charge in [-0.1, -0.05) is 0 Å². The first-order valence-electron chi connectivity index (χ1n) is 7.14. The Kier molecular flexibility index (Phi) is 4.11. The van der Waals surface area contributed by atoms with Crippen LogP contribution in [0.4, 0.5) is 10.5 Å². The van der Waals surface area contributed by atoms with Crippen molar-refractivity contribution in [2.75, 3.05) is 5.32 Å². The van der Waals surface area contributed by atoms with Gasteiger partial charge in [-0.3, -0.25) is 9.78 Å². The third-order valence-corrected chi connectivity index (χ3v) is 3.29. The molecule has 122 valence electrons. The predicted molar refractivity (Wildman–Crippen MR) is 86.5 cm³/mol. The molecule has 1 aromatic carbocycles. The Hall–Kier alpha value is -3.42. The number of anilines is 1. The molecular weight excluding hydrogens is 312 g/mol. The molecule has 0 spiro atoms. The van der Waals surface area contributed by atoms with Crippen LogP contribution in [-0.4, -0.2) is 33.1 Å². The quantitative estimate of drug-likeness (QED) is 0.678. The number of aromatic nitrogens is 2. The number of carboxylic acid groups (broad SMARTS) is 1. The molecule has 3 aromatic rings. The zero-order chi connectivity index (χ0) is 17.1. The molecule has 3 N–H and O–H groups in total. The number of hydrogen-bond donors (Lipinski definition) is 3. The van der Waals surface area contributed by atoms with E-state index in [2.05, 4.69) is 20.6 Å². The minimum Gasteiger partial charge on any atom is -0.480 e. The average Bonchev–Trinajstić information content (AvgIpc) is 2.98. The molecule has 2 amide bonds. The summed E-state index contributed by atoms with van der Waals surface area (Å²) < 4.78 is 5.67. The maximum Gasteiger partial charge on any atom is 0.325 e. The van der Waals surface area contributed by atoms with Crippen molar-refractivity contribution in [3.8, 4) is 11.5 Å². The number of carboxylic acids is 1. The van der Waals surface area contributed by atoms with Crippen LogP contribution >= 0.6 is 0 Å². The molecule has 0 saturated heterocycles. The summed E-state index contributed by atoms with van der Waals surface area (Å²) in [6, 6.07) is 6.95. The van der Waals surface area contributed by atoms with Gasteiger partial charge in [0.15, 0.2) is 5.58 Å². The summed E-state index contributed by atoms with van der Waals surface area (Å²) in [6.45, 7) is 1.38. The smallest absolute Gasteiger partial charge is 0.325 e. The number of nitrogens with zero attached hydrogens (tertiary/aromatic N) is 2. The number of aliphatic carboxylic acids is 1. The van der Waals surface area contributed by atoms with Crippen LogP contribution in [0.3, 0.4) is 0 Å². The number of oxazole rings is 1. The van der Waals surface area contributed by atoms with Gasteiger partial charge in [0.1, 0.15) is 11.6 Å². The first-order valence-corrected chi connectivity index (χ1v) is 7.14. The highest BCUT2D eigenvalue weighted by Crippen LogP contribution is 2.25. The molecule has 1 unspecified atom stereocenters. The molecule has 1 atom stereocenters. The lowest BCUT2D eigenvalue weighted by Crippen LogP contribution is -2.40. The van der Waals surface area contributed by atoms with E-state index in [1.807, 2.05) is 0 Å². The van der Waals surface area contributed by atoms with Crippen molar-refractivity contribution in [1.82, 2.24) is 15.3 Å². The SMILES string of the molecule is CC(NC(=O)Nc1ccc2oc(-c3ccncc3)nc2c1)C(=O)O. The predicted octanol–water partition coefficient (Wildman–Crippen LogP) is 2.48. The lowest BCUT2D eigenvalue weighted by molar-refractivity contribution is -0.138. The van der Waals surface area contributed by atoms with Crippen LogP contribution < -0.4 is 10.6 Å². The number of fused-ring (bicyclic) bond motifs is 1. The lowest BCUT2D eigenvalue weighted by atomic mass is 10.3. The molecular formula is C16H14N4O4. The Labute approximate surface area is 136 Å². The normalized spacial score (nSPS) is 11.9. The summed E-state index contributed by atoms with van der Waals surface area (Å²) in [4.78, 5) is 30.8. The third-order valence-electron chi connectivity index (χ3n) is 3.29. The van der Waals surface area contributed by atoms with Gasteiger partial charge in [0.2, 0.25) is 5.89 Å². The monoisotopic (exact) mass is 326 g/mol. The number of benzene rings is 1. The van der Waals surface area contributed by atoms with Crippen LogP contribution in [-0.2, 0) is 4.79 Å². The fourth-order valence-electron chi connectivity index (χ4n) is 2.05. The molecule has 8 heteroatoms. The van der Waals surface area contributed by atoms with E-state index in [1.165, 1.54) is 6.92 Å². The van der Waals surface area contributed by atoms with Crippen LogP contribution in [0.5, 0.6) is 0 Å². The number of nitrogens with one attached hydrogen (secondary N) is 2. The fourth-order valence-corrected chi connectivity index (χ4v) is 2.05. The second-order valence-electron chi connectivity index (χ2n) is 5.10. The van der Waals surface area contributed by atoms with Crippen molar-refractivity contribution in [1.29, 1.82) is 0 Å². The van der Waals surface area contributed by atoms with Gasteiger partial charge in [0, 0.05) is 23.6 Å². The second-order valence-corrected chi connectivity index (χ2v) is 5.10. The fraction of sp³-hybridized carbons (Fsp3) is 0.125. The molecule has 2 heterocycles. The molecule has 3 rings (SSSR count). The Morgan fingerprint density at radius 1 is 1.21 bits per heavy atom. The van der Waals surface area contributed by atoms with Crippen LogP contribution in [0.25, 0.3) is 22.6 Å². The Balaban J connectivity index is 1.79. The number of amides is 2. The molecule has 0 aliphatic heterocycles. The van der Waals surface area contributed by atoms with Gasteiger partial charge in [-0.15, -0.1) is 0 Å². The third kappa shape index (κ3) is 3.32. The number of rotatable bonds is 4. The zero-order valence-corrected chi connectivity index (χ0v) is 12.7. The van der Waals surface area contributed by atoms with E-state index in [4.69, 9.17) is 9.52 Å². The van der Waals surface area contributed by atoms with Gasteiger partial charge in [-0.2, -0.15) is 0 Å². The zero-order valence-electron chi connectivity index (χ0n) is 12.7. The number of urea groups is 1. The van der Waals surface area contributed by atoms with E-state index in [1.54, 1.807) is 42.7 Å². The molecule has 2 aromatic heterocycles. The minimum absolute atomic E-state index is 0.452. The molecule has 0 radical (unpaired) electrons. The maximum atomic E-state index is 11.8. The summed E-state index contributed by atoms with van der Waals surface area (Å²) in [5.41, 5.74) is 2.42. The van der Waals surface area contributed by atoms with Gasteiger partial charge in [0.25, 0.3) is 0 Å². The Morgan fingerprint density at radius 3 is 2.67 bits per heavy atom. The van der Waals surface area contributed by atoms with Crippen LogP contribution in [0, 0.1) is 0 Å². The van der Waals surface area contributed by atoms with Crippen molar-refractivity contribution in [3.05, 3.63) is 42.7 Å². The number of carbonyl (C=O) groups is 2. The minimum atomic E-state index is -1.11. The molecule has 0 fully saturated rings. The largest absolute Gasteiger partial charge is 0.480 e. The van der Waals surface area contributed by atoms with E-state index >= 15 is 0 Å². The lowest BCUT2D eigenvalue weighted by Gasteiger charge is -2.10. The molecule has 0 aliphatic carbocycles. The Morgan fingerprint density at radius 2 is 1.96 bits per heavy atom. The van der Waals surface area contributed by atoms with Crippen molar-refractivity contribution in [2.24, 2.45) is 0 Å². The molecule has 0 saturated carbocycles. The number of carbonyl (C=O) groups excluding carboxylic acids is 1. The van der Waals surface area contributed by atoms with Gasteiger partial charge in [0.05, 0.1) is 0 Å². The topological polar surface area (TPSA) is 117 Å². The highest BCUT2D eigenvalue weighted by atomic mass is 16.4. The van der Waals surface area contributed by atoms with E-state index < -0.39 is 18.0 Å². The van der Waals surface area contributed by atoms with Gasteiger partial charge >= 0.3 is 12.0 Å². The summed E-state index contributed by atoms with van der Waals surface area (Å²) in [7, 11) is 0. The van der Waals surface area contributed by atoms with Crippen LogP contribution in [0.1, 0.15) is 6.92 Å². The highest BCUT2D eigenvalue weighted by molar-refractivity contribution is 5.94. The van der Waals surface area contributed by atoms with Crippen molar-refractivity contribution in [3.63, 3.8) is 0 Å². The van der Waals surface area contributed by atoms with Crippen molar-refractivity contribution in [2.45, 2.75) is 13.0 Å². The van der Waals surface area contributed by atoms with Crippen LogP contribution in [0.2, 0.25) is 0 Å². The van der Waals surface area contributed by atoms with E-state index in [0.717, 1.165) is 5.56 Å². The molecule has 8 nitrogen and oxygen atoms in total. The average molecular weight is 326 g/mol. The van der Waals surface area contributed by atoms with E-state index in [0.29, 0.717) is 22.7 Å². The highest BCUT2D eigenvalue weighted by Gasteiger charge is 2.14. The molecule has 0 aliphatic rings. The van der Waals surface area contributed by atoms with Crippen molar-refractivity contribution >= 4 is 28.8 Å². The van der Waals surface area contributed by atoms with E-state index in [-0.39, 0.29) is 0 Å². The maximum absolute atomic E-state index is 11.8. The summed E-state index contributed by atoms with van der Waals surface area (Å²) in [5, 5.41) is 13.7. The summed E-state index contributed by atoms with van der Waals surface area (Å²) >= 11 is 0. The van der Waals surface area contributed by atoms with E-state index in [9.17, 15) is 9.59 Å². The Bertz CT molecular complexity index is 891. The van der Waals surface area contributed by atoms with Gasteiger partial charge in [-0.05, 0) is 37.3 Å². The second kappa shape index (κ2) is 6.37. The first-order chi connectivity index (χ1) is 11.5. The van der Waals surface area contributed by atoms with Gasteiger partial charge < -0.3 is 20.2 Å². The summed E-state index contributed by atoms with van der Waals surface area (Å²) in [5.74, 6) is -0.660. The number of hydrogen-bond acceptors (Lipinski definition) is 5. The van der Waals surface area contributed by atoms with Crippen LogP contribution in [0.15, 0.2) is 47.1 Å². The number of pyridine rings is 1. The van der Waals surface area contributed by atoms with Crippen molar-refractivity contribution < 1.29 is 19.1 Å². The molecule has 24 heavy (non-hydrogen) atoms. The summed E-state index contributed by atoms with van der Waals surface area (Å²) in [6.07, 6.45) is 3.29.